The van der Waals surface area contributed by atoms with Crippen LogP contribution in [0, 0.1) is 5.92 Å². The van der Waals surface area contributed by atoms with Crippen LogP contribution >= 0.6 is 15.9 Å². The van der Waals surface area contributed by atoms with E-state index in [9.17, 15) is 9.59 Å². The maximum Gasteiger partial charge on any atom is 0.229 e. The summed E-state index contributed by atoms with van der Waals surface area (Å²) in [5.74, 6) is -0.451. The summed E-state index contributed by atoms with van der Waals surface area (Å²) in [4.78, 5) is 26.1. The summed E-state index contributed by atoms with van der Waals surface area (Å²) in [6.45, 7) is 0.422. The fraction of sp³-hybridized carbons (Fsp3) is 0.176. The molecule has 4 nitrogen and oxygen atoms in total. The molecule has 22 heavy (non-hydrogen) atoms. The highest BCUT2D eigenvalue weighted by Gasteiger charge is 2.35. The molecular formula is C17H15BrN2O2. The van der Waals surface area contributed by atoms with E-state index in [2.05, 4.69) is 21.2 Å². The van der Waals surface area contributed by atoms with Crippen LogP contribution < -0.4 is 10.2 Å². The normalized spacial score (nSPS) is 17.6. The van der Waals surface area contributed by atoms with Crippen LogP contribution in [0.15, 0.2) is 59.1 Å². The van der Waals surface area contributed by atoms with Gasteiger partial charge in [-0.25, -0.2) is 0 Å². The molecule has 1 N–H and O–H groups in total. The number of nitrogens with one attached hydrogen (secondary N) is 1. The van der Waals surface area contributed by atoms with Gasteiger partial charge in [0.1, 0.15) is 0 Å². The second-order valence-corrected chi connectivity index (χ2v) is 6.15. The first-order valence-electron chi connectivity index (χ1n) is 7.05. The molecule has 5 heteroatoms. The number of rotatable bonds is 3. The largest absolute Gasteiger partial charge is 0.326 e. The topological polar surface area (TPSA) is 49.4 Å². The molecule has 0 saturated carbocycles. The van der Waals surface area contributed by atoms with Crippen molar-refractivity contribution in [2.45, 2.75) is 6.42 Å². The van der Waals surface area contributed by atoms with Crippen molar-refractivity contribution in [1.29, 1.82) is 0 Å². The van der Waals surface area contributed by atoms with Gasteiger partial charge in [0.15, 0.2) is 0 Å². The van der Waals surface area contributed by atoms with Gasteiger partial charge in [-0.15, -0.1) is 0 Å². The van der Waals surface area contributed by atoms with Gasteiger partial charge in [0.05, 0.1) is 5.92 Å². The fourth-order valence-corrected chi connectivity index (χ4v) is 2.78. The molecule has 0 spiro atoms. The van der Waals surface area contributed by atoms with Crippen molar-refractivity contribution in [3.8, 4) is 0 Å². The van der Waals surface area contributed by atoms with Crippen LogP contribution in [0.4, 0.5) is 11.4 Å². The maximum absolute atomic E-state index is 12.3. The average molecular weight is 359 g/mol. The minimum absolute atomic E-state index is 0.0119. The van der Waals surface area contributed by atoms with E-state index >= 15 is 0 Å². The van der Waals surface area contributed by atoms with Crippen molar-refractivity contribution in [3.05, 3.63) is 59.1 Å². The number of carbonyl (C=O) groups excluding carboxylic acids is 2. The van der Waals surface area contributed by atoms with E-state index in [0.717, 1.165) is 15.8 Å². The Kier molecular flexibility index (Phi) is 4.24. The molecule has 0 aliphatic carbocycles. The SMILES string of the molecule is O=C(Nc1ccc(Br)cc1)C1CC(=O)N(c2ccccc2)C1. The Bertz CT molecular complexity index is 686. The molecule has 2 aromatic carbocycles. The Morgan fingerprint density at radius 2 is 1.77 bits per heavy atom. The second-order valence-electron chi connectivity index (χ2n) is 5.24. The van der Waals surface area contributed by atoms with E-state index in [4.69, 9.17) is 0 Å². The van der Waals surface area contributed by atoms with Crippen LogP contribution in [0.5, 0.6) is 0 Å². The highest BCUT2D eigenvalue weighted by Crippen LogP contribution is 2.26. The Morgan fingerprint density at radius 3 is 2.45 bits per heavy atom. The Labute approximate surface area is 137 Å². The van der Waals surface area contributed by atoms with Crippen LogP contribution in [0.3, 0.4) is 0 Å². The monoisotopic (exact) mass is 358 g/mol. The van der Waals surface area contributed by atoms with Crippen LogP contribution in [0.2, 0.25) is 0 Å². The zero-order valence-corrected chi connectivity index (χ0v) is 13.4. The van der Waals surface area contributed by atoms with E-state index in [0.29, 0.717) is 6.54 Å². The van der Waals surface area contributed by atoms with Gasteiger partial charge in [0.25, 0.3) is 0 Å². The van der Waals surface area contributed by atoms with Crippen molar-refractivity contribution in [1.82, 2.24) is 0 Å². The van der Waals surface area contributed by atoms with Gasteiger partial charge in [-0.3, -0.25) is 9.59 Å². The Balaban J connectivity index is 1.67. The van der Waals surface area contributed by atoms with Crippen molar-refractivity contribution >= 4 is 39.1 Å². The molecule has 0 aromatic heterocycles. The first kappa shape index (κ1) is 14.8. The van der Waals surface area contributed by atoms with Gasteiger partial charge in [-0.1, -0.05) is 34.1 Å². The van der Waals surface area contributed by atoms with Crippen molar-refractivity contribution < 1.29 is 9.59 Å². The van der Waals surface area contributed by atoms with Gasteiger partial charge in [-0.05, 0) is 36.4 Å². The van der Waals surface area contributed by atoms with Gasteiger partial charge in [-0.2, -0.15) is 0 Å². The van der Waals surface area contributed by atoms with E-state index in [1.807, 2.05) is 54.6 Å². The first-order valence-corrected chi connectivity index (χ1v) is 7.84. The van der Waals surface area contributed by atoms with Gasteiger partial charge in [0, 0.05) is 28.8 Å². The van der Waals surface area contributed by atoms with Crippen molar-refractivity contribution in [3.63, 3.8) is 0 Å². The first-order chi connectivity index (χ1) is 10.6. The van der Waals surface area contributed by atoms with Crippen LogP contribution in [-0.2, 0) is 9.59 Å². The molecule has 0 radical (unpaired) electrons. The number of carbonyl (C=O) groups is 2. The van der Waals surface area contributed by atoms with Crippen LogP contribution in [-0.4, -0.2) is 18.4 Å². The molecule has 1 aliphatic rings. The highest BCUT2D eigenvalue weighted by atomic mass is 79.9. The summed E-state index contributed by atoms with van der Waals surface area (Å²) in [5, 5.41) is 2.86. The Morgan fingerprint density at radius 1 is 1.09 bits per heavy atom. The Hall–Kier alpha value is -2.14. The summed E-state index contributed by atoms with van der Waals surface area (Å²) in [6.07, 6.45) is 0.247. The van der Waals surface area contributed by atoms with Gasteiger partial charge >= 0.3 is 0 Å². The van der Waals surface area contributed by atoms with E-state index in [1.165, 1.54) is 0 Å². The highest BCUT2D eigenvalue weighted by molar-refractivity contribution is 9.10. The zero-order valence-electron chi connectivity index (χ0n) is 11.8. The van der Waals surface area contributed by atoms with Gasteiger partial charge in [0.2, 0.25) is 11.8 Å². The predicted octanol–water partition coefficient (Wildman–Crippen LogP) is 3.44. The number of anilines is 2. The molecule has 0 bridgehead atoms. The van der Waals surface area contributed by atoms with Crippen LogP contribution in [0.1, 0.15) is 6.42 Å². The van der Waals surface area contributed by atoms with Crippen LogP contribution in [0.25, 0.3) is 0 Å². The third-order valence-electron chi connectivity index (χ3n) is 3.68. The van der Waals surface area contributed by atoms with E-state index in [-0.39, 0.29) is 24.2 Å². The summed E-state index contributed by atoms with van der Waals surface area (Å²) < 4.78 is 0.955. The summed E-state index contributed by atoms with van der Waals surface area (Å²) >= 11 is 3.36. The number of benzene rings is 2. The molecule has 1 heterocycles. The van der Waals surface area contributed by atoms with E-state index < -0.39 is 0 Å². The zero-order chi connectivity index (χ0) is 15.5. The molecule has 2 aromatic rings. The quantitative estimate of drug-likeness (QED) is 0.913. The lowest BCUT2D eigenvalue weighted by Gasteiger charge is -2.16. The molecule has 112 valence electrons. The predicted molar refractivity (Wildman–Crippen MR) is 89.7 cm³/mol. The maximum atomic E-state index is 12.3. The number of nitrogens with zero attached hydrogens (tertiary/aromatic N) is 1. The third kappa shape index (κ3) is 3.20. The van der Waals surface area contributed by atoms with Crippen molar-refractivity contribution in [2.75, 3.05) is 16.8 Å². The number of hydrogen-bond acceptors (Lipinski definition) is 2. The molecule has 1 unspecified atom stereocenters. The third-order valence-corrected chi connectivity index (χ3v) is 4.20. The standard InChI is InChI=1S/C17H15BrN2O2/c18-13-6-8-14(9-7-13)19-17(22)12-10-16(21)20(11-12)15-4-2-1-3-5-15/h1-9,12H,10-11H2,(H,19,22). The molecule has 1 aliphatic heterocycles. The summed E-state index contributed by atoms with van der Waals surface area (Å²) in [5.41, 5.74) is 1.57. The fourth-order valence-electron chi connectivity index (χ4n) is 2.52. The van der Waals surface area contributed by atoms with E-state index in [1.54, 1.807) is 4.90 Å². The minimum Gasteiger partial charge on any atom is -0.326 e. The molecule has 1 atom stereocenters. The second kappa shape index (κ2) is 6.32. The minimum atomic E-state index is -0.323. The molecule has 1 fully saturated rings. The lowest BCUT2D eigenvalue weighted by atomic mass is 10.1. The summed E-state index contributed by atoms with van der Waals surface area (Å²) in [7, 11) is 0. The number of hydrogen-bond donors (Lipinski definition) is 1. The number of halogens is 1. The number of para-hydroxylation sites is 1. The molecule has 2 amide bonds. The number of amides is 2. The average Bonchev–Trinajstić information content (AvgIpc) is 2.92. The molecule has 1 saturated heterocycles. The molecule has 3 rings (SSSR count). The lowest BCUT2D eigenvalue weighted by molar-refractivity contribution is -0.122. The summed E-state index contributed by atoms with van der Waals surface area (Å²) in [6, 6.07) is 16.8. The molecular weight excluding hydrogens is 344 g/mol. The smallest absolute Gasteiger partial charge is 0.229 e. The van der Waals surface area contributed by atoms with Gasteiger partial charge < -0.3 is 10.2 Å². The lowest BCUT2D eigenvalue weighted by Crippen LogP contribution is -2.28. The van der Waals surface area contributed by atoms with Crippen molar-refractivity contribution in [2.24, 2.45) is 5.92 Å².